The van der Waals surface area contributed by atoms with Gasteiger partial charge in [0.2, 0.25) is 0 Å². The molecule has 0 spiro atoms. The smallest absolute Gasteiger partial charge is 0.133 e. The summed E-state index contributed by atoms with van der Waals surface area (Å²) in [5.41, 5.74) is 0.664. The summed E-state index contributed by atoms with van der Waals surface area (Å²) in [6, 6.07) is 37.8. The van der Waals surface area contributed by atoms with E-state index in [4.69, 9.17) is 4.74 Å². The topological polar surface area (TPSA) is 9.23 Å². The van der Waals surface area contributed by atoms with E-state index in [-0.39, 0.29) is 5.82 Å². The first-order valence-electron chi connectivity index (χ1n) is 9.57. The van der Waals surface area contributed by atoms with Crippen LogP contribution in [-0.4, -0.2) is 7.11 Å². The molecule has 0 aliphatic rings. The van der Waals surface area contributed by atoms with Gasteiger partial charge in [-0.25, -0.2) is 4.39 Å². The van der Waals surface area contributed by atoms with Crippen LogP contribution in [0.2, 0.25) is 0 Å². The molecule has 0 unspecified atom stereocenters. The molecule has 0 aromatic heterocycles. The Bertz CT molecular complexity index is 909. The van der Waals surface area contributed by atoms with E-state index in [0.717, 1.165) is 0 Å². The molecule has 0 heterocycles. The summed E-state index contributed by atoms with van der Waals surface area (Å²) in [5.74, 6) is 0.429. The fraction of sp³-hybridized carbons (Fsp3) is 0.0769. The third kappa shape index (κ3) is 6.01. The molecule has 0 aliphatic carbocycles. The quantitative estimate of drug-likeness (QED) is 0.378. The second-order valence-corrected chi connectivity index (χ2v) is 8.93. The van der Waals surface area contributed by atoms with Gasteiger partial charge in [0.25, 0.3) is 0 Å². The molecule has 4 rings (SSSR count). The van der Waals surface area contributed by atoms with Crippen LogP contribution in [0.5, 0.6) is 5.75 Å². The maximum atomic E-state index is 14.4. The Hall–Kier alpha value is -2.96. The maximum absolute atomic E-state index is 14.4. The van der Waals surface area contributed by atoms with Crippen molar-refractivity contribution in [3.63, 3.8) is 0 Å². The summed E-state index contributed by atoms with van der Waals surface area (Å²) in [5, 5.41) is 2.54. The van der Waals surface area contributed by atoms with Crippen LogP contribution in [0.4, 0.5) is 4.39 Å². The summed E-state index contributed by atoms with van der Waals surface area (Å²) in [6.07, 6.45) is 0.661. The van der Waals surface area contributed by atoms with E-state index in [2.05, 4.69) is 24.3 Å². The highest BCUT2D eigenvalue weighted by molar-refractivity contribution is 7.72. The number of hydrogen-bond acceptors (Lipinski definition) is 1. The largest absolute Gasteiger partial charge is 0.496 e. The lowest BCUT2D eigenvalue weighted by Crippen LogP contribution is -2.13. The van der Waals surface area contributed by atoms with E-state index in [0.29, 0.717) is 17.5 Å². The average molecular weight is 403 g/mol. The summed E-state index contributed by atoms with van der Waals surface area (Å²) in [6.45, 7) is 0. The van der Waals surface area contributed by atoms with Crippen LogP contribution in [-0.2, 0) is 6.16 Å². The van der Waals surface area contributed by atoms with Crippen molar-refractivity contribution in [2.24, 2.45) is 0 Å². The van der Waals surface area contributed by atoms with Gasteiger partial charge in [-0.15, -0.1) is 0 Å². The first-order chi connectivity index (χ1) is 14.3. The summed E-state index contributed by atoms with van der Waals surface area (Å²) in [4.78, 5) is 0. The standard InChI is InChI=1S/C20H18FOP.C6H6/c1-22-20-14-8-13-19(21)18(20)15-23(16-9-4-2-5-10-16)17-11-6-3-7-12-17;1-2-4-6-5-3-1/h2-14H,15H2,1H3;1-6H/p+1. The van der Waals surface area contributed by atoms with Gasteiger partial charge in [0.15, 0.2) is 0 Å². The van der Waals surface area contributed by atoms with Gasteiger partial charge in [-0.3, -0.25) is 0 Å². The van der Waals surface area contributed by atoms with Crippen LogP contribution in [0.1, 0.15) is 5.56 Å². The van der Waals surface area contributed by atoms with E-state index >= 15 is 0 Å². The maximum Gasteiger partial charge on any atom is 0.133 e. The van der Waals surface area contributed by atoms with E-state index in [1.165, 1.54) is 16.7 Å². The fourth-order valence-electron chi connectivity index (χ4n) is 3.11. The minimum Gasteiger partial charge on any atom is -0.496 e. The monoisotopic (exact) mass is 403 g/mol. The van der Waals surface area contributed by atoms with Gasteiger partial charge < -0.3 is 4.74 Å². The molecule has 1 nitrogen and oxygen atoms in total. The molecular formula is C26H25FOP+. The van der Waals surface area contributed by atoms with Crippen molar-refractivity contribution in [2.75, 3.05) is 7.11 Å². The van der Waals surface area contributed by atoms with Crippen LogP contribution in [0.25, 0.3) is 0 Å². The highest BCUT2D eigenvalue weighted by Gasteiger charge is 2.26. The molecule has 146 valence electrons. The second kappa shape index (κ2) is 11.1. The van der Waals surface area contributed by atoms with Gasteiger partial charge in [-0.05, 0) is 36.4 Å². The molecular weight excluding hydrogens is 378 g/mol. The highest BCUT2D eigenvalue weighted by atomic mass is 31.1. The zero-order valence-corrected chi connectivity index (χ0v) is 17.5. The van der Waals surface area contributed by atoms with Gasteiger partial charge in [0.1, 0.15) is 11.6 Å². The van der Waals surface area contributed by atoms with Crippen LogP contribution < -0.4 is 15.3 Å². The molecule has 0 aliphatic heterocycles. The molecule has 0 N–H and O–H groups in total. The zero-order chi connectivity index (χ0) is 20.3. The molecule has 4 aromatic carbocycles. The third-order valence-electron chi connectivity index (χ3n) is 4.56. The average Bonchev–Trinajstić information content (AvgIpc) is 2.81. The van der Waals surface area contributed by atoms with Crippen LogP contribution in [0, 0.1) is 5.82 Å². The molecule has 0 saturated heterocycles. The fourth-order valence-corrected chi connectivity index (χ4v) is 5.74. The Balaban J connectivity index is 0.000000343. The molecule has 3 heteroatoms. The Labute approximate surface area is 173 Å². The molecule has 4 aromatic rings. The first kappa shape index (κ1) is 20.8. The van der Waals surface area contributed by atoms with Crippen molar-refractivity contribution in [3.8, 4) is 5.75 Å². The molecule has 0 fully saturated rings. The number of methoxy groups -OCH3 is 1. The lowest BCUT2D eigenvalue weighted by atomic mass is 10.2. The van der Waals surface area contributed by atoms with Crippen molar-refractivity contribution >= 4 is 18.5 Å². The first-order valence-corrected chi connectivity index (χ1v) is 11.3. The van der Waals surface area contributed by atoms with Crippen LogP contribution >= 0.6 is 7.92 Å². The summed E-state index contributed by atoms with van der Waals surface area (Å²) in [7, 11) is 0.467. The Morgan fingerprint density at radius 2 is 1.07 bits per heavy atom. The lowest BCUT2D eigenvalue weighted by molar-refractivity contribution is 0.406. The van der Waals surface area contributed by atoms with E-state index < -0.39 is 7.92 Å². The highest BCUT2D eigenvalue weighted by Crippen LogP contribution is 2.41. The van der Waals surface area contributed by atoms with Crippen molar-refractivity contribution in [3.05, 3.63) is 127 Å². The Kier molecular flexibility index (Phi) is 7.98. The molecule has 0 saturated carbocycles. The van der Waals surface area contributed by atoms with Gasteiger partial charge in [-0.1, -0.05) is 78.9 Å². The SMILES string of the molecule is COc1cccc(F)c1C[PH+](c1ccccc1)c1ccccc1.c1ccccc1. The minimum absolute atomic E-state index is 0.196. The van der Waals surface area contributed by atoms with Gasteiger partial charge >= 0.3 is 0 Å². The van der Waals surface area contributed by atoms with Gasteiger partial charge in [0.05, 0.1) is 37.4 Å². The second-order valence-electron chi connectivity index (χ2n) is 6.46. The van der Waals surface area contributed by atoms with Gasteiger partial charge in [0, 0.05) is 0 Å². The number of rotatable bonds is 5. The van der Waals surface area contributed by atoms with Crippen molar-refractivity contribution in [1.82, 2.24) is 0 Å². The molecule has 0 radical (unpaired) electrons. The number of benzene rings is 4. The Morgan fingerprint density at radius 3 is 1.52 bits per heavy atom. The zero-order valence-electron chi connectivity index (χ0n) is 16.5. The molecule has 0 amide bonds. The molecule has 29 heavy (non-hydrogen) atoms. The minimum atomic E-state index is -1.13. The molecule has 0 atom stereocenters. The van der Waals surface area contributed by atoms with E-state index in [1.807, 2.05) is 78.9 Å². The Morgan fingerprint density at radius 1 is 0.621 bits per heavy atom. The predicted molar refractivity (Wildman–Crippen MR) is 124 cm³/mol. The summed E-state index contributed by atoms with van der Waals surface area (Å²) < 4.78 is 19.7. The van der Waals surface area contributed by atoms with Gasteiger partial charge in [-0.2, -0.15) is 0 Å². The van der Waals surface area contributed by atoms with E-state index in [9.17, 15) is 4.39 Å². The van der Waals surface area contributed by atoms with Crippen LogP contribution in [0.3, 0.4) is 0 Å². The third-order valence-corrected chi connectivity index (χ3v) is 7.33. The lowest BCUT2D eigenvalue weighted by Gasteiger charge is -2.14. The molecule has 0 bridgehead atoms. The van der Waals surface area contributed by atoms with Crippen molar-refractivity contribution in [1.29, 1.82) is 0 Å². The number of halogens is 1. The number of ether oxygens (including phenoxy) is 1. The van der Waals surface area contributed by atoms with E-state index in [1.54, 1.807) is 13.2 Å². The predicted octanol–water partition coefficient (Wildman–Crippen LogP) is 5.89. The number of hydrogen-bond donors (Lipinski definition) is 0. The van der Waals surface area contributed by atoms with Crippen molar-refractivity contribution in [2.45, 2.75) is 6.16 Å². The van der Waals surface area contributed by atoms with Crippen molar-refractivity contribution < 1.29 is 9.13 Å². The van der Waals surface area contributed by atoms with Crippen LogP contribution in [0.15, 0.2) is 115 Å². The summed E-state index contributed by atoms with van der Waals surface area (Å²) >= 11 is 0. The normalized spacial score (nSPS) is 10.2.